The second kappa shape index (κ2) is 6.04. The monoisotopic (exact) mass is 347 g/mol. The molecule has 2 atom stereocenters. The topological polar surface area (TPSA) is 111 Å². The van der Waals surface area contributed by atoms with E-state index < -0.39 is 15.9 Å². The fourth-order valence-electron chi connectivity index (χ4n) is 2.89. The van der Waals surface area contributed by atoms with Crippen molar-refractivity contribution in [3.8, 4) is 5.75 Å². The number of ether oxygens (including phenoxy) is 1. The Bertz CT molecular complexity index is 685. The second-order valence-corrected chi connectivity index (χ2v) is 7.07. The minimum Gasteiger partial charge on any atom is -0.496 e. The first-order valence-electron chi connectivity index (χ1n) is 6.65. The standard InChI is InChI=1S/C13H17N3O4S.ClH/c1-20-11-3-2-7(4-8(11)13(14)17)21(18,19)16-12-9-5-15-6-10(9)12;/h2-4,9-10,12,15-16H,5-6H2,1H3,(H2,14,17);1H. The summed E-state index contributed by atoms with van der Waals surface area (Å²) in [6.45, 7) is 1.68. The van der Waals surface area contributed by atoms with Crippen molar-refractivity contribution in [2.24, 2.45) is 17.6 Å². The molecule has 2 fully saturated rings. The van der Waals surface area contributed by atoms with Crippen molar-refractivity contribution in [3.63, 3.8) is 0 Å². The average Bonchev–Trinajstić information content (AvgIpc) is 2.88. The number of methoxy groups -OCH3 is 1. The van der Waals surface area contributed by atoms with Gasteiger partial charge in [-0.2, -0.15) is 0 Å². The summed E-state index contributed by atoms with van der Waals surface area (Å²) in [6.07, 6.45) is 0. The van der Waals surface area contributed by atoms with E-state index in [-0.39, 0.29) is 34.7 Å². The number of hydrogen-bond acceptors (Lipinski definition) is 5. The molecule has 0 bridgehead atoms. The summed E-state index contributed by atoms with van der Waals surface area (Å²) in [6, 6.07) is 4.07. The zero-order valence-corrected chi connectivity index (χ0v) is 13.5. The Morgan fingerprint density at radius 2 is 2.00 bits per heavy atom. The van der Waals surface area contributed by atoms with Gasteiger partial charge in [-0.25, -0.2) is 13.1 Å². The molecule has 9 heteroatoms. The van der Waals surface area contributed by atoms with Crippen LogP contribution in [0.4, 0.5) is 0 Å². The molecule has 1 saturated carbocycles. The number of nitrogens with one attached hydrogen (secondary N) is 2. The van der Waals surface area contributed by atoms with E-state index in [4.69, 9.17) is 10.5 Å². The summed E-state index contributed by atoms with van der Waals surface area (Å²) in [7, 11) is -2.27. The van der Waals surface area contributed by atoms with E-state index in [0.29, 0.717) is 11.8 Å². The van der Waals surface area contributed by atoms with Gasteiger partial charge >= 0.3 is 0 Å². The quantitative estimate of drug-likeness (QED) is 0.678. The van der Waals surface area contributed by atoms with Crippen LogP contribution < -0.4 is 20.5 Å². The number of halogens is 1. The molecule has 0 spiro atoms. The first-order chi connectivity index (χ1) is 9.94. The van der Waals surface area contributed by atoms with Crippen LogP contribution in [0.1, 0.15) is 10.4 Å². The van der Waals surface area contributed by atoms with Crippen molar-refractivity contribution in [2.75, 3.05) is 20.2 Å². The number of carbonyl (C=O) groups is 1. The van der Waals surface area contributed by atoms with Gasteiger partial charge in [-0.15, -0.1) is 12.4 Å². The maximum atomic E-state index is 12.4. The van der Waals surface area contributed by atoms with Gasteiger partial charge in [0.25, 0.3) is 5.91 Å². The van der Waals surface area contributed by atoms with Crippen LogP contribution in [-0.2, 0) is 10.0 Å². The number of piperidine rings is 1. The van der Waals surface area contributed by atoms with Crippen molar-refractivity contribution in [3.05, 3.63) is 23.8 Å². The van der Waals surface area contributed by atoms with Crippen LogP contribution >= 0.6 is 12.4 Å². The minimum absolute atomic E-state index is 0. The van der Waals surface area contributed by atoms with Crippen molar-refractivity contribution in [1.29, 1.82) is 0 Å². The number of primary amides is 1. The van der Waals surface area contributed by atoms with Gasteiger partial charge in [-0.1, -0.05) is 0 Å². The molecule has 0 radical (unpaired) electrons. The first-order valence-corrected chi connectivity index (χ1v) is 8.13. The smallest absolute Gasteiger partial charge is 0.252 e. The molecule has 4 N–H and O–H groups in total. The van der Waals surface area contributed by atoms with E-state index in [9.17, 15) is 13.2 Å². The van der Waals surface area contributed by atoms with Gasteiger partial charge in [-0.05, 0) is 43.1 Å². The molecule has 1 aliphatic carbocycles. The lowest BCUT2D eigenvalue weighted by Gasteiger charge is -2.11. The Morgan fingerprint density at radius 1 is 1.36 bits per heavy atom. The van der Waals surface area contributed by atoms with E-state index >= 15 is 0 Å². The van der Waals surface area contributed by atoms with Crippen LogP contribution in [0.2, 0.25) is 0 Å². The van der Waals surface area contributed by atoms with Gasteiger partial charge in [0.15, 0.2) is 0 Å². The van der Waals surface area contributed by atoms with Crippen LogP contribution in [0.25, 0.3) is 0 Å². The molecule has 3 rings (SSSR count). The van der Waals surface area contributed by atoms with E-state index in [1.165, 1.54) is 25.3 Å². The Morgan fingerprint density at radius 3 is 2.55 bits per heavy atom. The lowest BCUT2D eigenvalue weighted by Crippen LogP contribution is -2.32. The van der Waals surface area contributed by atoms with Gasteiger partial charge in [0.1, 0.15) is 5.75 Å². The molecule has 0 aromatic heterocycles. The Kier molecular flexibility index (Phi) is 4.67. The first kappa shape index (κ1) is 17.0. The van der Waals surface area contributed by atoms with Gasteiger partial charge in [0.05, 0.1) is 17.6 Å². The zero-order chi connectivity index (χ0) is 15.2. The third-order valence-corrected chi connectivity index (χ3v) is 5.59. The Labute approximate surface area is 135 Å². The van der Waals surface area contributed by atoms with E-state index in [1.54, 1.807) is 0 Å². The Balaban J connectivity index is 0.00000176. The highest BCUT2D eigenvalue weighted by Crippen LogP contribution is 2.42. The number of rotatable bonds is 5. The SMILES string of the molecule is COc1ccc(S(=O)(=O)NC2C3CNCC32)cc1C(N)=O.Cl. The molecule has 1 heterocycles. The molecular formula is C13H18ClN3O4S. The van der Waals surface area contributed by atoms with Crippen molar-refractivity contribution in [1.82, 2.24) is 10.0 Å². The molecule has 22 heavy (non-hydrogen) atoms. The molecule has 2 aliphatic rings. The van der Waals surface area contributed by atoms with Gasteiger partial charge in [-0.3, -0.25) is 4.79 Å². The van der Waals surface area contributed by atoms with E-state index in [0.717, 1.165) is 13.1 Å². The number of fused-ring (bicyclic) bond motifs is 1. The molecule has 1 aliphatic heterocycles. The molecule has 1 aromatic rings. The number of hydrogen-bond donors (Lipinski definition) is 3. The van der Waals surface area contributed by atoms with Crippen LogP contribution in [0.3, 0.4) is 0 Å². The maximum absolute atomic E-state index is 12.4. The highest BCUT2D eigenvalue weighted by molar-refractivity contribution is 7.89. The molecule has 7 nitrogen and oxygen atoms in total. The van der Waals surface area contributed by atoms with Gasteiger partial charge < -0.3 is 15.8 Å². The molecular weight excluding hydrogens is 330 g/mol. The number of carbonyl (C=O) groups excluding carboxylic acids is 1. The maximum Gasteiger partial charge on any atom is 0.252 e. The van der Waals surface area contributed by atoms with Crippen LogP contribution in [0, 0.1) is 11.8 Å². The predicted molar refractivity (Wildman–Crippen MR) is 82.7 cm³/mol. The summed E-state index contributed by atoms with van der Waals surface area (Å²) in [5, 5.41) is 3.20. The van der Waals surface area contributed by atoms with E-state index in [1.807, 2.05) is 0 Å². The summed E-state index contributed by atoms with van der Waals surface area (Å²) in [4.78, 5) is 11.4. The molecule has 2 unspecified atom stereocenters. The largest absolute Gasteiger partial charge is 0.496 e. The van der Waals surface area contributed by atoms with Crippen LogP contribution in [0.15, 0.2) is 23.1 Å². The zero-order valence-electron chi connectivity index (χ0n) is 11.9. The van der Waals surface area contributed by atoms with Gasteiger partial charge in [0, 0.05) is 6.04 Å². The fourth-order valence-corrected chi connectivity index (χ4v) is 4.25. The highest BCUT2D eigenvalue weighted by atomic mass is 35.5. The number of amides is 1. The molecule has 1 aromatic carbocycles. The summed E-state index contributed by atoms with van der Waals surface area (Å²) in [5.74, 6) is 0.271. The Hall–Kier alpha value is -1.35. The number of benzene rings is 1. The predicted octanol–water partition coefficient (Wildman–Crippen LogP) is -0.288. The summed E-state index contributed by atoms with van der Waals surface area (Å²) in [5.41, 5.74) is 5.30. The van der Waals surface area contributed by atoms with E-state index in [2.05, 4.69) is 10.0 Å². The van der Waals surface area contributed by atoms with Crippen LogP contribution in [0.5, 0.6) is 5.75 Å². The van der Waals surface area contributed by atoms with Gasteiger partial charge in [0.2, 0.25) is 10.0 Å². The third-order valence-electron chi connectivity index (χ3n) is 4.13. The highest BCUT2D eigenvalue weighted by Gasteiger charge is 2.54. The van der Waals surface area contributed by atoms with Crippen molar-refractivity contribution >= 4 is 28.3 Å². The third kappa shape index (κ3) is 2.91. The molecule has 1 amide bonds. The lowest BCUT2D eigenvalue weighted by molar-refractivity contribution is 0.0997. The van der Waals surface area contributed by atoms with Crippen molar-refractivity contribution < 1.29 is 17.9 Å². The summed E-state index contributed by atoms with van der Waals surface area (Å²) < 4.78 is 32.4. The average molecular weight is 348 g/mol. The number of sulfonamides is 1. The summed E-state index contributed by atoms with van der Waals surface area (Å²) >= 11 is 0. The molecule has 122 valence electrons. The van der Waals surface area contributed by atoms with Crippen molar-refractivity contribution in [2.45, 2.75) is 10.9 Å². The molecule has 1 saturated heterocycles. The second-order valence-electron chi connectivity index (χ2n) is 5.36. The normalized spacial score (nSPS) is 26.0. The minimum atomic E-state index is -3.66. The fraction of sp³-hybridized carbons (Fsp3) is 0.462. The lowest BCUT2D eigenvalue weighted by atomic mass is 10.2. The number of nitrogens with two attached hydrogens (primary N) is 1. The van der Waals surface area contributed by atoms with Crippen LogP contribution in [-0.4, -0.2) is 40.6 Å².